The number of fused-ring (bicyclic) bond motifs is 1. The van der Waals surface area contributed by atoms with Gasteiger partial charge in [0.2, 0.25) is 0 Å². The van der Waals surface area contributed by atoms with E-state index in [1.165, 1.54) is 22.2 Å². The smallest absolute Gasteiger partial charge is 0.254 e. The van der Waals surface area contributed by atoms with Crippen LogP contribution in [-0.2, 0) is 6.54 Å². The number of rotatable bonds is 5. The van der Waals surface area contributed by atoms with Crippen molar-refractivity contribution in [2.75, 3.05) is 40.4 Å². The van der Waals surface area contributed by atoms with E-state index in [0.717, 1.165) is 19.6 Å². The van der Waals surface area contributed by atoms with Crippen molar-refractivity contribution in [3.8, 4) is 11.5 Å². The first kappa shape index (κ1) is 19.3. The molecule has 3 aromatic rings. The standard InChI is InChI=1S/C23H27N3O3/c1-16-19(18-6-4-5-7-20(18)24-16)15-25-10-12-26(13-11-25)23(27)17-8-9-21(28-2)22(14-17)29-3/h4-9,14,24H,10-13,15H2,1-3H3. The third-order valence-electron chi connectivity index (χ3n) is 5.70. The number of benzene rings is 2. The molecule has 1 aliphatic rings. The topological polar surface area (TPSA) is 57.8 Å². The molecule has 1 aliphatic heterocycles. The fourth-order valence-corrected chi connectivity index (χ4v) is 4.02. The molecule has 4 rings (SSSR count). The van der Waals surface area contributed by atoms with Crippen molar-refractivity contribution >= 4 is 16.8 Å². The molecule has 0 saturated carbocycles. The molecule has 0 spiro atoms. The molecule has 6 nitrogen and oxygen atoms in total. The average molecular weight is 393 g/mol. The number of piperazine rings is 1. The maximum Gasteiger partial charge on any atom is 0.254 e. The van der Waals surface area contributed by atoms with Gasteiger partial charge in [0.1, 0.15) is 0 Å². The van der Waals surface area contributed by atoms with Crippen LogP contribution in [0.2, 0.25) is 0 Å². The van der Waals surface area contributed by atoms with E-state index < -0.39 is 0 Å². The van der Waals surface area contributed by atoms with E-state index in [2.05, 4.69) is 41.1 Å². The summed E-state index contributed by atoms with van der Waals surface area (Å²) in [5.74, 6) is 1.24. The summed E-state index contributed by atoms with van der Waals surface area (Å²) in [6, 6.07) is 13.8. The third kappa shape index (κ3) is 3.80. The Bertz CT molecular complexity index is 1020. The summed E-state index contributed by atoms with van der Waals surface area (Å²) in [4.78, 5) is 20.7. The van der Waals surface area contributed by atoms with Crippen molar-refractivity contribution in [3.05, 3.63) is 59.3 Å². The van der Waals surface area contributed by atoms with E-state index in [-0.39, 0.29) is 5.91 Å². The van der Waals surface area contributed by atoms with Crippen LogP contribution >= 0.6 is 0 Å². The molecule has 1 saturated heterocycles. The summed E-state index contributed by atoms with van der Waals surface area (Å²) in [6.07, 6.45) is 0. The molecule has 1 fully saturated rings. The van der Waals surface area contributed by atoms with Crippen LogP contribution in [0, 0.1) is 6.92 Å². The number of hydrogen-bond acceptors (Lipinski definition) is 4. The summed E-state index contributed by atoms with van der Waals surface area (Å²) in [6.45, 7) is 6.18. The van der Waals surface area contributed by atoms with Gasteiger partial charge in [-0.15, -0.1) is 0 Å². The second kappa shape index (κ2) is 8.17. The quantitative estimate of drug-likeness (QED) is 0.721. The number of aromatic amines is 1. The van der Waals surface area contributed by atoms with Gasteiger partial charge < -0.3 is 19.4 Å². The largest absolute Gasteiger partial charge is 0.493 e. The SMILES string of the molecule is COc1ccc(C(=O)N2CCN(Cc3c(C)[nH]c4ccccc34)CC2)cc1OC. The normalized spacial score (nSPS) is 14.9. The monoisotopic (exact) mass is 393 g/mol. The van der Waals surface area contributed by atoms with Crippen molar-refractivity contribution in [2.45, 2.75) is 13.5 Å². The predicted octanol–water partition coefficient (Wildman–Crippen LogP) is 3.45. The van der Waals surface area contributed by atoms with Crippen LogP contribution in [-0.4, -0.2) is 61.1 Å². The lowest BCUT2D eigenvalue weighted by Crippen LogP contribution is -2.48. The van der Waals surface area contributed by atoms with Gasteiger partial charge >= 0.3 is 0 Å². The molecule has 1 amide bonds. The van der Waals surface area contributed by atoms with E-state index in [1.54, 1.807) is 32.4 Å². The van der Waals surface area contributed by atoms with Crippen LogP contribution < -0.4 is 9.47 Å². The number of nitrogens with one attached hydrogen (secondary N) is 1. The van der Waals surface area contributed by atoms with Crippen LogP contribution in [0.15, 0.2) is 42.5 Å². The first-order valence-corrected chi connectivity index (χ1v) is 9.90. The highest BCUT2D eigenvalue weighted by Gasteiger charge is 2.24. The van der Waals surface area contributed by atoms with E-state index in [1.807, 2.05) is 4.90 Å². The fourth-order valence-electron chi connectivity index (χ4n) is 4.02. The predicted molar refractivity (Wildman–Crippen MR) is 114 cm³/mol. The minimum absolute atomic E-state index is 0.0360. The number of methoxy groups -OCH3 is 2. The molecule has 2 heterocycles. The minimum atomic E-state index is 0.0360. The highest BCUT2D eigenvalue weighted by molar-refractivity contribution is 5.95. The highest BCUT2D eigenvalue weighted by Crippen LogP contribution is 2.28. The highest BCUT2D eigenvalue weighted by atomic mass is 16.5. The summed E-state index contributed by atoms with van der Waals surface area (Å²) in [7, 11) is 3.17. The molecule has 6 heteroatoms. The molecule has 29 heavy (non-hydrogen) atoms. The van der Waals surface area contributed by atoms with Crippen molar-refractivity contribution < 1.29 is 14.3 Å². The Morgan fingerprint density at radius 3 is 2.45 bits per heavy atom. The molecular formula is C23H27N3O3. The lowest BCUT2D eigenvalue weighted by molar-refractivity contribution is 0.0628. The van der Waals surface area contributed by atoms with Gasteiger partial charge in [-0.2, -0.15) is 0 Å². The Morgan fingerprint density at radius 1 is 1.00 bits per heavy atom. The maximum absolute atomic E-state index is 12.9. The first-order valence-electron chi connectivity index (χ1n) is 9.90. The van der Waals surface area contributed by atoms with Gasteiger partial charge in [-0.25, -0.2) is 0 Å². The Balaban J connectivity index is 1.41. The zero-order valence-electron chi connectivity index (χ0n) is 17.2. The molecule has 0 atom stereocenters. The van der Waals surface area contributed by atoms with Crippen LogP contribution in [0.3, 0.4) is 0 Å². The van der Waals surface area contributed by atoms with Crippen molar-refractivity contribution in [1.29, 1.82) is 0 Å². The number of para-hydroxylation sites is 1. The Hall–Kier alpha value is -2.99. The summed E-state index contributed by atoms with van der Waals surface area (Å²) in [5, 5.41) is 1.29. The summed E-state index contributed by atoms with van der Waals surface area (Å²) >= 11 is 0. The van der Waals surface area contributed by atoms with E-state index in [0.29, 0.717) is 30.2 Å². The zero-order valence-corrected chi connectivity index (χ0v) is 17.2. The summed E-state index contributed by atoms with van der Waals surface area (Å²) < 4.78 is 10.6. The van der Waals surface area contributed by atoms with Crippen molar-refractivity contribution in [1.82, 2.24) is 14.8 Å². The maximum atomic E-state index is 12.9. The van der Waals surface area contributed by atoms with Crippen LogP contribution in [0.25, 0.3) is 10.9 Å². The minimum Gasteiger partial charge on any atom is -0.493 e. The number of nitrogens with zero attached hydrogens (tertiary/aromatic N) is 2. The van der Waals surface area contributed by atoms with Gasteiger partial charge in [0.05, 0.1) is 14.2 Å². The molecule has 152 valence electrons. The van der Waals surface area contributed by atoms with Crippen molar-refractivity contribution in [2.24, 2.45) is 0 Å². The van der Waals surface area contributed by atoms with Gasteiger partial charge in [0.25, 0.3) is 5.91 Å². The second-order valence-corrected chi connectivity index (χ2v) is 7.41. The number of aryl methyl sites for hydroxylation is 1. The molecule has 1 aromatic heterocycles. The van der Waals surface area contributed by atoms with Gasteiger partial charge in [0, 0.05) is 54.9 Å². The number of carbonyl (C=O) groups is 1. The molecule has 0 aliphatic carbocycles. The number of hydrogen-bond donors (Lipinski definition) is 1. The molecular weight excluding hydrogens is 366 g/mol. The second-order valence-electron chi connectivity index (χ2n) is 7.41. The number of ether oxygens (including phenoxy) is 2. The lowest BCUT2D eigenvalue weighted by Gasteiger charge is -2.35. The molecule has 1 N–H and O–H groups in total. The molecule has 2 aromatic carbocycles. The Labute approximate surface area is 171 Å². The van der Waals surface area contributed by atoms with Gasteiger partial charge in [-0.1, -0.05) is 18.2 Å². The molecule has 0 radical (unpaired) electrons. The van der Waals surface area contributed by atoms with Crippen LogP contribution in [0.5, 0.6) is 11.5 Å². The van der Waals surface area contributed by atoms with Gasteiger partial charge in [0.15, 0.2) is 11.5 Å². The number of amides is 1. The molecule has 0 unspecified atom stereocenters. The van der Waals surface area contributed by atoms with Crippen LogP contribution in [0.4, 0.5) is 0 Å². The number of aromatic nitrogens is 1. The third-order valence-corrected chi connectivity index (χ3v) is 5.70. The lowest BCUT2D eigenvalue weighted by atomic mass is 10.1. The zero-order chi connectivity index (χ0) is 20.4. The van der Waals surface area contributed by atoms with E-state index in [4.69, 9.17) is 9.47 Å². The van der Waals surface area contributed by atoms with Gasteiger partial charge in [-0.05, 0) is 36.8 Å². The fraction of sp³-hybridized carbons (Fsp3) is 0.348. The average Bonchev–Trinajstić information content (AvgIpc) is 3.08. The van der Waals surface area contributed by atoms with Gasteiger partial charge in [-0.3, -0.25) is 9.69 Å². The number of H-pyrrole nitrogens is 1. The van der Waals surface area contributed by atoms with E-state index in [9.17, 15) is 4.79 Å². The van der Waals surface area contributed by atoms with E-state index >= 15 is 0 Å². The Kier molecular flexibility index (Phi) is 5.45. The first-order chi connectivity index (χ1) is 14.1. The van der Waals surface area contributed by atoms with Crippen LogP contribution in [0.1, 0.15) is 21.6 Å². The molecule has 0 bridgehead atoms. The van der Waals surface area contributed by atoms with Crippen molar-refractivity contribution in [3.63, 3.8) is 0 Å². The Morgan fingerprint density at radius 2 is 1.72 bits per heavy atom. The number of carbonyl (C=O) groups excluding carboxylic acids is 1. The summed E-state index contributed by atoms with van der Waals surface area (Å²) in [5.41, 5.74) is 4.38.